The predicted molar refractivity (Wildman–Crippen MR) is 77.3 cm³/mol. The van der Waals surface area contributed by atoms with Gasteiger partial charge in [-0.05, 0) is 18.6 Å². The van der Waals surface area contributed by atoms with Crippen molar-refractivity contribution in [2.24, 2.45) is 0 Å². The summed E-state index contributed by atoms with van der Waals surface area (Å²) in [6, 6.07) is 12.4. The Hall–Kier alpha value is -1.75. The van der Waals surface area contributed by atoms with Gasteiger partial charge in [-0.1, -0.05) is 46.3 Å². The summed E-state index contributed by atoms with van der Waals surface area (Å²) in [7, 11) is 0. The van der Waals surface area contributed by atoms with Crippen molar-refractivity contribution in [3.8, 4) is 0 Å². The Kier molecular flexibility index (Phi) is 3.29. The van der Waals surface area contributed by atoms with Gasteiger partial charge >= 0.3 is 0 Å². The molecule has 0 fully saturated rings. The zero-order valence-electron chi connectivity index (χ0n) is 10.5. The minimum atomic E-state index is 0.253. The van der Waals surface area contributed by atoms with Gasteiger partial charge in [0, 0.05) is 22.6 Å². The van der Waals surface area contributed by atoms with E-state index in [4.69, 9.17) is 0 Å². The van der Waals surface area contributed by atoms with E-state index in [1.807, 2.05) is 25.1 Å². The second-order valence-corrected chi connectivity index (χ2v) is 5.55. The Bertz CT molecular complexity index is 693. The highest BCUT2D eigenvalue weighted by Crippen LogP contribution is 2.26. The van der Waals surface area contributed by atoms with E-state index in [1.165, 1.54) is 11.9 Å². The van der Waals surface area contributed by atoms with Crippen LogP contribution in [-0.4, -0.2) is 19.6 Å². The summed E-state index contributed by atoms with van der Waals surface area (Å²) in [4.78, 5) is 8.75. The molecule has 2 aromatic heterocycles. The van der Waals surface area contributed by atoms with E-state index < -0.39 is 0 Å². The van der Waals surface area contributed by atoms with Gasteiger partial charge in [0.25, 0.3) is 5.78 Å². The second kappa shape index (κ2) is 5.09. The predicted octanol–water partition coefficient (Wildman–Crippen LogP) is 3.11. The van der Waals surface area contributed by atoms with Crippen LogP contribution in [0.4, 0.5) is 0 Å². The van der Waals surface area contributed by atoms with Crippen LogP contribution in [0.15, 0.2) is 42.7 Å². The minimum Gasteiger partial charge on any atom is -0.216 e. The highest BCUT2D eigenvalue weighted by Gasteiger charge is 2.12. The number of halogens is 1. The maximum Gasteiger partial charge on any atom is 0.252 e. The van der Waals surface area contributed by atoms with Crippen LogP contribution in [0, 0.1) is 6.92 Å². The highest BCUT2D eigenvalue weighted by atomic mass is 79.9. The van der Waals surface area contributed by atoms with E-state index in [0.29, 0.717) is 5.78 Å². The fourth-order valence-electron chi connectivity index (χ4n) is 2.12. The number of alkyl halides is 1. The monoisotopic (exact) mass is 316 g/mol. The number of hydrogen-bond acceptors (Lipinski definition) is 3. The van der Waals surface area contributed by atoms with E-state index in [-0.39, 0.29) is 4.83 Å². The van der Waals surface area contributed by atoms with Crippen LogP contribution in [0.1, 0.15) is 21.8 Å². The lowest BCUT2D eigenvalue weighted by Gasteiger charge is -2.11. The van der Waals surface area contributed by atoms with Crippen LogP contribution in [0.25, 0.3) is 5.78 Å². The first-order valence-corrected chi connectivity index (χ1v) is 7.01. The molecule has 1 atom stereocenters. The number of fused-ring (bicyclic) bond motifs is 1. The number of benzene rings is 1. The third kappa shape index (κ3) is 2.51. The van der Waals surface area contributed by atoms with Crippen molar-refractivity contribution < 1.29 is 0 Å². The summed E-state index contributed by atoms with van der Waals surface area (Å²) in [5, 5.41) is 4.23. The van der Waals surface area contributed by atoms with Crippen LogP contribution < -0.4 is 0 Å². The number of nitrogens with zero attached hydrogens (tertiary/aromatic N) is 4. The molecule has 0 N–H and O–H groups in total. The van der Waals surface area contributed by atoms with Gasteiger partial charge in [0.05, 0.1) is 0 Å². The van der Waals surface area contributed by atoms with Crippen molar-refractivity contribution in [3.05, 3.63) is 59.7 Å². The molecule has 0 amide bonds. The molecule has 0 aliphatic carbocycles. The minimum absolute atomic E-state index is 0.253. The maximum atomic E-state index is 4.35. The number of hydrogen-bond donors (Lipinski definition) is 0. The van der Waals surface area contributed by atoms with Gasteiger partial charge < -0.3 is 0 Å². The maximum absolute atomic E-state index is 4.35. The normalized spacial score (nSPS) is 12.7. The molecule has 0 aliphatic heterocycles. The molecule has 4 nitrogen and oxygen atoms in total. The first-order valence-electron chi connectivity index (χ1n) is 6.09. The molecule has 19 heavy (non-hydrogen) atoms. The molecule has 3 rings (SSSR count). The summed E-state index contributed by atoms with van der Waals surface area (Å²) in [5.41, 5.74) is 3.32. The van der Waals surface area contributed by atoms with Crippen molar-refractivity contribution in [1.29, 1.82) is 0 Å². The largest absolute Gasteiger partial charge is 0.252 e. The Morgan fingerprint density at radius 1 is 1.26 bits per heavy atom. The third-order valence-electron chi connectivity index (χ3n) is 3.00. The van der Waals surface area contributed by atoms with Gasteiger partial charge in [0.15, 0.2) is 0 Å². The quantitative estimate of drug-likeness (QED) is 0.697. The molecular weight excluding hydrogens is 304 g/mol. The summed E-state index contributed by atoms with van der Waals surface area (Å²) >= 11 is 3.74. The molecule has 96 valence electrons. The lowest BCUT2D eigenvalue weighted by molar-refractivity contribution is 0.801. The lowest BCUT2D eigenvalue weighted by Crippen LogP contribution is -2.05. The topological polar surface area (TPSA) is 43.1 Å². The summed E-state index contributed by atoms with van der Waals surface area (Å²) < 4.78 is 1.80. The van der Waals surface area contributed by atoms with E-state index in [0.717, 1.165) is 17.8 Å². The molecule has 3 aromatic rings. The highest BCUT2D eigenvalue weighted by molar-refractivity contribution is 9.09. The van der Waals surface area contributed by atoms with E-state index >= 15 is 0 Å². The molecule has 0 saturated heterocycles. The van der Waals surface area contributed by atoms with E-state index in [9.17, 15) is 0 Å². The number of aryl methyl sites for hydroxylation is 1. The Morgan fingerprint density at radius 2 is 2.05 bits per heavy atom. The summed E-state index contributed by atoms with van der Waals surface area (Å²) in [5.74, 6) is 0.655. The van der Waals surface area contributed by atoms with Gasteiger partial charge in [0.2, 0.25) is 0 Å². The van der Waals surface area contributed by atoms with Gasteiger partial charge in [-0.25, -0.2) is 9.50 Å². The Labute approximate surface area is 119 Å². The van der Waals surface area contributed by atoms with Crippen LogP contribution in [-0.2, 0) is 6.42 Å². The molecule has 0 saturated carbocycles. The first-order chi connectivity index (χ1) is 9.24. The van der Waals surface area contributed by atoms with Crippen LogP contribution in [0.2, 0.25) is 0 Å². The lowest BCUT2D eigenvalue weighted by atomic mass is 10.1. The Balaban J connectivity index is 1.95. The molecule has 0 spiro atoms. The SMILES string of the molecule is Cc1cc(CC(Br)c2ccccc2)n2ncnc2n1. The zero-order valence-corrected chi connectivity index (χ0v) is 12.1. The van der Waals surface area contributed by atoms with Gasteiger partial charge in [-0.15, -0.1) is 0 Å². The average molecular weight is 317 g/mol. The molecule has 2 heterocycles. The van der Waals surface area contributed by atoms with Gasteiger partial charge in [0.1, 0.15) is 6.33 Å². The van der Waals surface area contributed by atoms with Crippen molar-refractivity contribution in [2.75, 3.05) is 0 Å². The Morgan fingerprint density at radius 3 is 2.84 bits per heavy atom. The first kappa shape index (κ1) is 12.3. The van der Waals surface area contributed by atoms with Crippen LogP contribution in [0.5, 0.6) is 0 Å². The van der Waals surface area contributed by atoms with Crippen molar-refractivity contribution in [2.45, 2.75) is 18.2 Å². The van der Waals surface area contributed by atoms with E-state index in [2.05, 4.69) is 49.2 Å². The van der Waals surface area contributed by atoms with Crippen LogP contribution >= 0.6 is 15.9 Å². The smallest absolute Gasteiger partial charge is 0.216 e. The van der Waals surface area contributed by atoms with Gasteiger partial charge in [-0.2, -0.15) is 10.1 Å². The van der Waals surface area contributed by atoms with E-state index in [1.54, 1.807) is 4.52 Å². The third-order valence-corrected chi connectivity index (χ3v) is 3.86. The standard InChI is InChI=1S/C14H13BrN4/c1-10-7-12(19-14(18-10)16-9-17-19)8-13(15)11-5-3-2-4-6-11/h2-7,9,13H,8H2,1H3. The molecule has 0 bridgehead atoms. The molecule has 1 unspecified atom stereocenters. The molecule has 5 heteroatoms. The van der Waals surface area contributed by atoms with Crippen molar-refractivity contribution in [3.63, 3.8) is 0 Å². The molecule has 0 aliphatic rings. The van der Waals surface area contributed by atoms with Gasteiger partial charge in [-0.3, -0.25) is 0 Å². The zero-order chi connectivity index (χ0) is 13.2. The fraction of sp³-hybridized carbons (Fsp3) is 0.214. The fourth-order valence-corrected chi connectivity index (χ4v) is 2.75. The van der Waals surface area contributed by atoms with Crippen molar-refractivity contribution in [1.82, 2.24) is 19.6 Å². The second-order valence-electron chi connectivity index (χ2n) is 4.44. The summed E-state index contributed by atoms with van der Waals surface area (Å²) in [6.45, 7) is 1.98. The molecule has 0 radical (unpaired) electrons. The van der Waals surface area contributed by atoms with Crippen molar-refractivity contribution >= 4 is 21.7 Å². The van der Waals surface area contributed by atoms with Crippen LogP contribution in [0.3, 0.4) is 0 Å². The number of rotatable bonds is 3. The summed E-state index contributed by atoms with van der Waals surface area (Å²) in [6.07, 6.45) is 2.38. The molecule has 1 aromatic carbocycles. The number of aromatic nitrogens is 4. The average Bonchev–Trinajstić information content (AvgIpc) is 2.88. The molecular formula is C14H13BrN4.